The molecule has 0 radical (unpaired) electrons. The minimum absolute atomic E-state index is 0.572. The van der Waals surface area contributed by atoms with E-state index < -0.39 is 5.67 Å². The number of halogens is 1. The normalized spacial score (nSPS) is 25.6. The Labute approximate surface area is 103 Å². The molecule has 1 saturated heterocycles. The monoisotopic (exact) mass is 235 g/mol. The van der Waals surface area contributed by atoms with Gasteiger partial charge in [-0.1, -0.05) is 23.8 Å². The maximum atomic E-state index is 14.8. The van der Waals surface area contributed by atoms with Gasteiger partial charge in [0.05, 0.1) is 0 Å². The van der Waals surface area contributed by atoms with Gasteiger partial charge < -0.3 is 5.32 Å². The lowest BCUT2D eigenvalue weighted by atomic mass is 9.87. The molecule has 0 bridgehead atoms. The van der Waals surface area contributed by atoms with Crippen LogP contribution in [0, 0.1) is 13.8 Å². The number of nitrogens with one attached hydrogen (secondary N) is 1. The van der Waals surface area contributed by atoms with Crippen molar-refractivity contribution in [3.05, 3.63) is 34.9 Å². The molecule has 1 aromatic rings. The van der Waals surface area contributed by atoms with Gasteiger partial charge in [0.1, 0.15) is 5.67 Å². The topological polar surface area (TPSA) is 12.0 Å². The van der Waals surface area contributed by atoms with Gasteiger partial charge in [-0.2, -0.15) is 0 Å². The Balaban J connectivity index is 2.15. The summed E-state index contributed by atoms with van der Waals surface area (Å²) in [6, 6.07) is 6.33. The molecule has 94 valence electrons. The summed E-state index contributed by atoms with van der Waals surface area (Å²) in [6.07, 6.45) is 2.84. The summed E-state index contributed by atoms with van der Waals surface area (Å²) >= 11 is 0. The minimum Gasteiger partial charge on any atom is -0.317 e. The molecule has 1 unspecified atom stereocenters. The zero-order valence-corrected chi connectivity index (χ0v) is 10.9. The molecule has 0 aromatic heterocycles. The third kappa shape index (κ3) is 3.29. The molecule has 1 atom stereocenters. The summed E-state index contributed by atoms with van der Waals surface area (Å²) in [4.78, 5) is 0. The first-order valence-corrected chi connectivity index (χ1v) is 6.55. The summed E-state index contributed by atoms with van der Waals surface area (Å²) in [5.41, 5.74) is 2.60. The zero-order chi connectivity index (χ0) is 12.3. The van der Waals surface area contributed by atoms with E-state index >= 15 is 0 Å². The van der Waals surface area contributed by atoms with E-state index in [0.717, 1.165) is 19.5 Å². The van der Waals surface area contributed by atoms with Crippen LogP contribution in [-0.4, -0.2) is 18.8 Å². The number of hydrogen-bond acceptors (Lipinski definition) is 1. The van der Waals surface area contributed by atoms with E-state index in [-0.39, 0.29) is 0 Å². The van der Waals surface area contributed by atoms with Crippen molar-refractivity contribution in [1.82, 2.24) is 5.32 Å². The first-order valence-electron chi connectivity index (χ1n) is 6.55. The Morgan fingerprint density at radius 3 is 2.88 bits per heavy atom. The predicted molar refractivity (Wildman–Crippen MR) is 70.2 cm³/mol. The molecule has 1 fully saturated rings. The largest absolute Gasteiger partial charge is 0.317 e. The Kier molecular flexibility index (Phi) is 3.82. The van der Waals surface area contributed by atoms with Crippen molar-refractivity contribution in [3.63, 3.8) is 0 Å². The molecule has 0 amide bonds. The van der Waals surface area contributed by atoms with Crippen molar-refractivity contribution in [3.8, 4) is 0 Å². The van der Waals surface area contributed by atoms with Crippen LogP contribution in [0.25, 0.3) is 0 Å². The second-order valence-electron chi connectivity index (χ2n) is 5.36. The molecule has 1 nitrogen and oxygen atoms in total. The number of hydrogen-bond donors (Lipinski definition) is 1. The quantitative estimate of drug-likeness (QED) is 0.829. The summed E-state index contributed by atoms with van der Waals surface area (Å²) in [5.74, 6) is 0. The summed E-state index contributed by atoms with van der Waals surface area (Å²) in [6.45, 7) is 5.91. The molecular weight excluding hydrogens is 213 g/mol. The fraction of sp³-hybridized carbons (Fsp3) is 0.600. The van der Waals surface area contributed by atoms with Crippen molar-refractivity contribution < 1.29 is 4.39 Å². The molecule has 1 heterocycles. The molecule has 17 heavy (non-hydrogen) atoms. The average Bonchev–Trinajstić information content (AvgIpc) is 2.49. The van der Waals surface area contributed by atoms with Gasteiger partial charge in [-0.3, -0.25) is 0 Å². The zero-order valence-electron chi connectivity index (χ0n) is 10.9. The Hall–Kier alpha value is -0.890. The smallest absolute Gasteiger partial charge is 0.116 e. The third-order valence-corrected chi connectivity index (χ3v) is 3.74. The van der Waals surface area contributed by atoms with Gasteiger partial charge in [0, 0.05) is 6.42 Å². The maximum absolute atomic E-state index is 14.8. The lowest BCUT2D eigenvalue weighted by Gasteiger charge is -2.24. The highest BCUT2D eigenvalue weighted by Gasteiger charge is 2.31. The van der Waals surface area contributed by atoms with Crippen LogP contribution in [0.4, 0.5) is 4.39 Å². The van der Waals surface area contributed by atoms with E-state index in [1.807, 2.05) is 0 Å². The fourth-order valence-corrected chi connectivity index (χ4v) is 2.60. The second-order valence-corrected chi connectivity index (χ2v) is 5.36. The first-order chi connectivity index (χ1) is 8.09. The van der Waals surface area contributed by atoms with E-state index in [1.165, 1.54) is 16.7 Å². The van der Waals surface area contributed by atoms with E-state index in [9.17, 15) is 4.39 Å². The molecule has 1 aromatic carbocycles. The average molecular weight is 235 g/mol. The molecule has 0 spiro atoms. The minimum atomic E-state index is -1.01. The Morgan fingerprint density at radius 1 is 1.24 bits per heavy atom. The van der Waals surface area contributed by atoms with Crippen LogP contribution < -0.4 is 5.32 Å². The summed E-state index contributed by atoms with van der Waals surface area (Å²) in [5, 5.41) is 3.27. The van der Waals surface area contributed by atoms with Crippen LogP contribution in [0.15, 0.2) is 18.2 Å². The highest BCUT2D eigenvalue weighted by molar-refractivity contribution is 5.31. The van der Waals surface area contributed by atoms with Crippen molar-refractivity contribution in [1.29, 1.82) is 0 Å². The Bertz CT molecular complexity index is 379. The van der Waals surface area contributed by atoms with E-state index in [4.69, 9.17) is 0 Å². The Morgan fingerprint density at radius 2 is 2.06 bits per heavy atom. The maximum Gasteiger partial charge on any atom is 0.116 e. The molecule has 0 aliphatic carbocycles. The number of benzene rings is 1. The fourth-order valence-electron chi connectivity index (χ4n) is 2.60. The standard InChI is InChI=1S/C15H22FN/c1-12-4-5-13(2)14(10-12)11-15(16)6-3-8-17-9-7-15/h4-5,10,17H,3,6-9,11H2,1-2H3. The molecule has 2 rings (SSSR count). The predicted octanol–water partition coefficient (Wildman–Crippen LogP) is 3.33. The van der Waals surface area contributed by atoms with Gasteiger partial charge in [0.25, 0.3) is 0 Å². The van der Waals surface area contributed by atoms with Crippen LogP contribution in [0.3, 0.4) is 0 Å². The van der Waals surface area contributed by atoms with Crippen LogP contribution in [-0.2, 0) is 6.42 Å². The van der Waals surface area contributed by atoms with Crippen LogP contribution in [0.5, 0.6) is 0 Å². The molecular formula is C15H22FN. The SMILES string of the molecule is Cc1ccc(C)c(CC2(F)CCCNCC2)c1. The highest BCUT2D eigenvalue weighted by atomic mass is 19.1. The lowest BCUT2D eigenvalue weighted by molar-refractivity contribution is 0.144. The number of alkyl halides is 1. The number of aryl methyl sites for hydroxylation is 2. The first kappa shape index (κ1) is 12.6. The lowest BCUT2D eigenvalue weighted by Crippen LogP contribution is -2.27. The van der Waals surface area contributed by atoms with Crippen LogP contribution in [0.2, 0.25) is 0 Å². The van der Waals surface area contributed by atoms with E-state index in [1.54, 1.807) is 0 Å². The van der Waals surface area contributed by atoms with Crippen molar-refractivity contribution in [2.45, 2.75) is 45.2 Å². The molecule has 0 saturated carbocycles. The van der Waals surface area contributed by atoms with E-state index in [0.29, 0.717) is 19.3 Å². The van der Waals surface area contributed by atoms with E-state index in [2.05, 4.69) is 37.4 Å². The second kappa shape index (κ2) is 5.18. The molecule has 2 heteroatoms. The van der Waals surface area contributed by atoms with Crippen molar-refractivity contribution in [2.24, 2.45) is 0 Å². The van der Waals surface area contributed by atoms with Gasteiger partial charge in [-0.05, 0) is 57.3 Å². The van der Waals surface area contributed by atoms with Crippen molar-refractivity contribution >= 4 is 0 Å². The summed E-state index contributed by atoms with van der Waals surface area (Å²) < 4.78 is 14.8. The highest BCUT2D eigenvalue weighted by Crippen LogP contribution is 2.30. The molecule has 1 aliphatic rings. The van der Waals surface area contributed by atoms with Gasteiger partial charge in [0.2, 0.25) is 0 Å². The van der Waals surface area contributed by atoms with Crippen LogP contribution in [0.1, 0.15) is 36.0 Å². The summed E-state index contributed by atoms with van der Waals surface area (Å²) in [7, 11) is 0. The third-order valence-electron chi connectivity index (χ3n) is 3.74. The van der Waals surface area contributed by atoms with Crippen molar-refractivity contribution in [2.75, 3.05) is 13.1 Å². The van der Waals surface area contributed by atoms with Gasteiger partial charge in [-0.25, -0.2) is 4.39 Å². The molecule has 1 aliphatic heterocycles. The molecule has 1 N–H and O–H groups in total. The van der Waals surface area contributed by atoms with Gasteiger partial charge in [0.15, 0.2) is 0 Å². The van der Waals surface area contributed by atoms with Crippen LogP contribution >= 0.6 is 0 Å². The van der Waals surface area contributed by atoms with Gasteiger partial charge in [-0.15, -0.1) is 0 Å². The number of rotatable bonds is 2. The van der Waals surface area contributed by atoms with Gasteiger partial charge >= 0.3 is 0 Å².